The highest BCUT2D eigenvalue weighted by Crippen LogP contribution is 2.27. The van der Waals surface area contributed by atoms with Crippen molar-refractivity contribution in [3.63, 3.8) is 0 Å². The average molecular weight is 315 g/mol. The van der Waals surface area contributed by atoms with Gasteiger partial charge in [0, 0.05) is 17.8 Å². The first-order chi connectivity index (χ1) is 10.9. The van der Waals surface area contributed by atoms with Crippen LogP contribution in [0.25, 0.3) is 11.5 Å². The van der Waals surface area contributed by atoms with E-state index >= 15 is 0 Å². The molecule has 1 atom stereocenters. The van der Waals surface area contributed by atoms with Gasteiger partial charge in [0.1, 0.15) is 6.26 Å². The number of hydrogen-bond acceptors (Lipinski definition) is 4. The summed E-state index contributed by atoms with van der Waals surface area (Å²) in [5, 5.41) is 13.1. The lowest BCUT2D eigenvalue weighted by Crippen LogP contribution is -2.49. The molecule has 23 heavy (non-hydrogen) atoms. The van der Waals surface area contributed by atoms with E-state index in [4.69, 9.17) is 4.42 Å². The first-order valence-corrected chi connectivity index (χ1v) is 7.75. The van der Waals surface area contributed by atoms with E-state index in [2.05, 4.69) is 10.3 Å². The molecule has 0 bridgehead atoms. The second-order valence-electron chi connectivity index (χ2n) is 6.35. The quantitative estimate of drug-likeness (QED) is 0.912. The van der Waals surface area contributed by atoms with Crippen LogP contribution in [0.5, 0.6) is 0 Å². The van der Waals surface area contributed by atoms with Crippen LogP contribution in [0.15, 0.2) is 41.1 Å². The molecule has 1 aromatic carbocycles. The van der Waals surface area contributed by atoms with Crippen molar-refractivity contribution >= 4 is 11.7 Å². The maximum Gasteiger partial charge on any atom is 0.322 e. The molecule has 1 aliphatic rings. The summed E-state index contributed by atoms with van der Waals surface area (Å²) in [6, 6.07) is 6.98. The van der Waals surface area contributed by atoms with Crippen LogP contribution in [0.3, 0.4) is 0 Å². The van der Waals surface area contributed by atoms with Crippen molar-refractivity contribution in [1.29, 1.82) is 0 Å². The van der Waals surface area contributed by atoms with Crippen molar-refractivity contribution in [3.05, 3.63) is 36.7 Å². The summed E-state index contributed by atoms with van der Waals surface area (Å²) >= 11 is 0. The van der Waals surface area contributed by atoms with E-state index < -0.39 is 5.60 Å². The molecular formula is C17H21N3O3. The number of benzene rings is 1. The molecule has 6 heteroatoms. The Kier molecular flexibility index (Phi) is 4.09. The predicted octanol–water partition coefficient (Wildman–Crippen LogP) is 3.11. The van der Waals surface area contributed by atoms with Crippen LogP contribution in [0.2, 0.25) is 0 Å². The third kappa shape index (κ3) is 3.37. The average Bonchev–Trinajstić information content (AvgIpc) is 3.19. The Labute approximate surface area is 135 Å². The summed E-state index contributed by atoms with van der Waals surface area (Å²) < 4.78 is 5.24. The number of anilines is 1. The molecule has 2 aromatic rings. The monoisotopic (exact) mass is 315 g/mol. The van der Waals surface area contributed by atoms with E-state index in [0.717, 1.165) is 18.4 Å². The Balaban J connectivity index is 1.68. The summed E-state index contributed by atoms with van der Waals surface area (Å²) in [4.78, 5) is 18.3. The number of nitrogens with one attached hydrogen (secondary N) is 1. The first kappa shape index (κ1) is 15.6. The standard InChI is InChI=1S/C17H21N3O3/c1-17(2,22)14-4-3-10-20(14)16(21)19-13-7-5-12(6-8-13)15-18-9-11-23-15/h5-9,11,14,22H,3-4,10H2,1-2H3,(H,19,21). The Morgan fingerprint density at radius 3 is 2.74 bits per heavy atom. The zero-order valence-electron chi connectivity index (χ0n) is 13.3. The van der Waals surface area contributed by atoms with Crippen molar-refractivity contribution in [2.24, 2.45) is 0 Å². The Hall–Kier alpha value is -2.34. The zero-order valence-corrected chi connectivity index (χ0v) is 13.3. The fourth-order valence-corrected chi connectivity index (χ4v) is 3.00. The summed E-state index contributed by atoms with van der Waals surface area (Å²) in [5.74, 6) is 0.546. The lowest BCUT2D eigenvalue weighted by atomic mass is 9.97. The van der Waals surface area contributed by atoms with Gasteiger partial charge in [0.25, 0.3) is 0 Å². The minimum absolute atomic E-state index is 0.158. The molecule has 6 nitrogen and oxygen atoms in total. The minimum atomic E-state index is -0.900. The number of likely N-dealkylation sites (tertiary alicyclic amines) is 1. The predicted molar refractivity (Wildman–Crippen MR) is 87.0 cm³/mol. The lowest BCUT2D eigenvalue weighted by molar-refractivity contribution is 0.0117. The fraction of sp³-hybridized carbons (Fsp3) is 0.412. The van der Waals surface area contributed by atoms with Crippen molar-refractivity contribution in [1.82, 2.24) is 9.88 Å². The molecule has 2 heterocycles. The largest absolute Gasteiger partial charge is 0.445 e. The van der Waals surface area contributed by atoms with E-state index in [9.17, 15) is 9.90 Å². The van der Waals surface area contributed by atoms with Crippen molar-refractivity contribution in [2.45, 2.75) is 38.3 Å². The normalized spacial score (nSPS) is 18.2. The highest BCUT2D eigenvalue weighted by molar-refractivity contribution is 5.90. The first-order valence-electron chi connectivity index (χ1n) is 7.75. The van der Waals surface area contributed by atoms with Crippen LogP contribution in [-0.4, -0.2) is 39.2 Å². The topological polar surface area (TPSA) is 78.6 Å². The smallest absolute Gasteiger partial charge is 0.322 e. The van der Waals surface area contributed by atoms with Gasteiger partial charge in [0.05, 0.1) is 17.8 Å². The molecule has 122 valence electrons. The Morgan fingerprint density at radius 2 is 2.13 bits per heavy atom. The van der Waals surface area contributed by atoms with E-state index in [1.165, 1.54) is 6.26 Å². The van der Waals surface area contributed by atoms with Gasteiger partial charge in [-0.25, -0.2) is 9.78 Å². The zero-order chi connectivity index (χ0) is 16.4. The van der Waals surface area contributed by atoms with Crippen molar-refractivity contribution in [3.8, 4) is 11.5 Å². The van der Waals surface area contributed by atoms with Crippen molar-refractivity contribution in [2.75, 3.05) is 11.9 Å². The van der Waals surface area contributed by atoms with E-state index in [-0.39, 0.29) is 12.1 Å². The van der Waals surface area contributed by atoms with E-state index in [1.807, 2.05) is 24.3 Å². The van der Waals surface area contributed by atoms with Gasteiger partial charge in [-0.1, -0.05) is 0 Å². The molecule has 1 saturated heterocycles. The lowest BCUT2D eigenvalue weighted by Gasteiger charge is -2.33. The van der Waals surface area contributed by atoms with Gasteiger partial charge in [-0.05, 0) is 51.0 Å². The van der Waals surface area contributed by atoms with Gasteiger partial charge in [-0.2, -0.15) is 0 Å². The number of oxazole rings is 1. The number of aromatic nitrogens is 1. The number of nitrogens with zero attached hydrogens (tertiary/aromatic N) is 2. The molecule has 1 aliphatic heterocycles. The van der Waals surface area contributed by atoms with Gasteiger partial charge in [-0.15, -0.1) is 0 Å². The molecule has 2 amide bonds. The van der Waals surface area contributed by atoms with Crippen LogP contribution in [0, 0.1) is 0 Å². The number of carbonyl (C=O) groups excluding carboxylic acids is 1. The number of rotatable bonds is 3. The second-order valence-corrected chi connectivity index (χ2v) is 6.35. The fourth-order valence-electron chi connectivity index (χ4n) is 3.00. The van der Waals surface area contributed by atoms with Gasteiger partial charge >= 0.3 is 6.03 Å². The molecular weight excluding hydrogens is 294 g/mol. The third-order valence-electron chi connectivity index (χ3n) is 4.14. The SMILES string of the molecule is CC(C)(O)C1CCCN1C(=O)Nc1ccc(-c2ncco2)cc1. The van der Waals surface area contributed by atoms with Crippen LogP contribution in [-0.2, 0) is 0 Å². The summed E-state index contributed by atoms with van der Waals surface area (Å²) in [5.41, 5.74) is 0.651. The second kappa shape index (κ2) is 6.04. The summed E-state index contributed by atoms with van der Waals surface area (Å²) in [6.07, 6.45) is 4.84. The number of carbonyl (C=O) groups is 1. The maximum absolute atomic E-state index is 12.5. The van der Waals surface area contributed by atoms with E-state index in [1.54, 1.807) is 24.9 Å². The highest BCUT2D eigenvalue weighted by Gasteiger charge is 2.38. The van der Waals surface area contributed by atoms with E-state index in [0.29, 0.717) is 18.1 Å². The number of urea groups is 1. The molecule has 0 spiro atoms. The Bertz CT molecular complexity index is 659. The Morgan fingerprint density at radius 1 is 1.39 bits per heavy atom. The molecule has 2 N–H and O–H groups in total. The highest BCUT2D eigenvalue weighted by atomic mass is 16.3. The van der Waals surface area contributed by atoms with Crippen molar-refractivity contribution < 1.29 is 14.3 Å². The number of aliphatic hydroxyl groups is 1. The van der Waals surface area contributed by atoms with Crippen LogP contribution in [0.1, 0.15) is 26.7 Å². The van der Waals surface area contributed by atoms with Gasteiger partial charge in [-0.3, -0.25) is 0 Å². The molecule has 3 rings (SSSR count). The minimum Gasteiger partial charge on any atom is -0.445 e. The molecule has 0 saturated carbocycles. The van der Waals surface area contributed by atoms with Gasteiger partial charge < -0.3 is 19.7 Å². The molecule has 0 radical (unpaired) electrons. The van der Waals surface area contributed by atoms with Gasteiger partial charge in [0.2, 0.25) is 5.89 Å². The molecule has 1 unspecified atom stereocenters. The molecule has 0 aliphatic carbocycles. The van der Waals surface area contributed by atoms with Crippen LogP contribution >= 0.6 is 0 Å². The molecule has 1 aromatic heterocycles. The van der Waals surface area contributed by atoms with Gasteiger partial charge in [0.15, 0.2) is 0 Å². The number of amides is 2. The third-order valence-corrected chi connectivity index (χ3v) is 4.14. The summed E-state index contributed by atoms with van der Waals surface area (Å²) in [7, 11) is 0. The molecule has 1 fully saturated rings. The number of hydrogen-bond donors (Lipinski definition) is 2. The maximum atomic E-state index is 12.5. The van der Waals surface area contributed by atoms with Crippen LogP contribution in [0.4, 0.5) is 10.5 Å². The van der Waals surface area contributed by atoms with Crippen LogP contribution < -0.4 is 5.32 Å². The summed E-state index contributed by atoms with van der Waals surface area (Å²) in [6.45, 7) is 4.15.